The van der Waals surface area contributed by atoms with E-state index in [2.05, 4.69) is 42.3 Å². The molecule has 0 amide bonds. The van der Waals surface area contributed by atoms with Crippen molar-refractivity contribution < 1.29 is 0 Å². The van der Waals surface area contributed by atoms with Gasteiger partial charge in [-0.15, -0.1) is 11.3 Å². The van der Waals surface area contributed by atoms with Crippen LogP contribution in [-0.2, 0) is 19.5 Å². The molecule has 4 nitrogen and oxygen atoms in total. The van der Waals surface area contributed by atoms with E-state index in [1.807, 2.05) is 17.5 Å². The lowest BCUT2D eigenvalue weighted by atomic mass is 10.1. The molecule has 0 saturated carbocycles. The zero-order chi connectivity index (χ0) is 15.6. The topological polar surface area (TPSA) is 41.4 Å². The van der Waals surface area contributed by atoms with Crippen LogP contribution in [0.2, 0.25) is 0 Å². The molecule has 2 aliphatic rings. The number of hydrogen-bond donors (Lipinski definition) is 0. The summed E-state index contributed by atoms with van der Waals surface area (Å²) in [4.78, 5) is 17.9. The Morgan fingerprint density at radius 1 is 1.26 bits per heavy atom. The average molecular weight is 391 g/mol. The minimum Gasteiger partial charge on any atom is -0.293 e. The maximum atomic E-state index is 4.81. The van der Waals surface area contributed by atoms with E-state index in [-0.39, 0.29) is 0 Å². The summed E-state index contributed by atoms with van der Waals surface area (Å²) in [7, 11) is 0. The molecule has 4 rings (SSSR count). The van der Waals surface area contributed by atoms with Crippen LogP contribution in [0.4, 0.5) is 0 Å². The molecule has 2 aliphatic heterocycles. The van der Waals surface area contributed by atoms with Crippen molar-refractivity contribution in [3.63, 3.8) is 0 Å². The molecule has 0 fully saturated rings. The smallest absolute Gasteiger partial charge is 0.173 e. The summed E-state index contributed by atoms with van der Waals surface area (Å²) in [6.07, 6.45) is 6.46. The number of thiophene rings is 1. The Balaban J connectivity index is 1.48. The fourth-order valence-corrected chi connectivity index (χ4v) is 4.68. The molecule has 0 N–H and O–H groups in total. The van der Waals surface area contributed by atoms with Crippen LogP contribution in [0.15, 0.2) is 27.1 Å². The van der Waals surface area contributed by atoms with Crippen molar-refractivity contribution in [1.82, 2.24) is 14.9 Å². The molecule has 2 aromatic rings. The van der Waals surface area contributed by atoms with E-state index in [1.54, 1.807) is 0 Å². The van der Waals surface area contributed by atoms with E-state index in [0.29, 0.717) is 0 Å². The zero-order valence-electron chi connectivity index (χ0n) is 13.0. The highest BCUT2D eigenvalue weighted by molar-refractivity contribution is 9.10. The Morgan fingerprint density at radius 2 is 2.22 bits per heavy atom. The number of aromatic nitrogens is 2. The van der Waals surface area contributed by atoms with E-state index in [0.717, 1.165) is 50.6 Å². The summed E-state index contributed by atoms with van der Waals surface area (Å²) in [5, 5.41) is 2.15. The van der Waals surface area contributed by atoms with Crippen LogP contribution in [0.1, 0.15) is 41.2 Å². The first-order valence-corrected chi connectivity index (χ1v) is 9.79. The lowest BCUT2D eigenvalue weighted by molar-refractivity contribution is 0.245. The van der Waals surface area contributed by atoms with Gasteiger partial charge in [-0.05, 0) is 41.3 Å². The summed E-state index contributed by atoms with van der Waals surface area (Å²) >= 11 is 5.34. The highest BCUT2D eigenvalue weighted by Crippen LogP contribution is 2.24. The lowest BCUT2D eigenvalue weighted by Gasteiger charge is -2.27. The van der Waals surface area contributed by atoms with Crippen LogP contribution >= 0.6 is 27.3 Å². The molecule has 0 unspecified atom stereocenters. The summed E-state index contributed by atoms with van der Waals surface area (Å²) < 4.78 is 1.18. The predicted octanol–water partition coefficient (Wildman–Crippen LogP) is 3.83. The van der Waals surface area contributed by atoms with Crippen molar-refractivity contribution >= 4 is 33.0 Å². The molecule has 120 valence electrons. The lowest BCUT2D eigenvalue weighted by Crippen LogP contribution is -2.31. The van der Waals surface area contributed by atoms with E-state index in [1.165, 1.54) is 33.4 Å². The second-order valence-electron chi connectivity index (χ2n) is 6.14. The SMILES string of the molecule is Brc1csc(CN2CCc3nc(C4=NCCCC4)ncc3C2)c1. The van der Waals surface area contributed by atoms with Crippen molar-refractivity contribution in [2.24, 2.45) is 4.99 Å². The molecular formula is C17H19BrN4S. The van der Waals surface area contributed by atoms with Gasteiger partial charge in [-0.25, -0.2) is 9.97 Å². The fourth-order valence-electron chi connectivity index (χ4n) is 3.19. The van der Waals surface area contributed by atoms with Crippen molar-refractivity contribution in [3.05, 3.63) is 44.1 Å². The molecule has 6 heteroatoms. The summed E-state index contributed by atoms with van der Waals surface area (Å²) in [5.74, 6) is 0.860. The summed E-state index contributed by atoms with van der Waals surface area (Å²) in [5.41, 5.74) is 3.59. The van der Waals surface area contributed by atoms with E-state index < -0.39 is 0 Å². The number of aliphatic imine (C=N–C) groups is 1. The molecule has 0 aromatic carbocycles. The molecule has 0 aliphatic carbocycles. The standard InChI is InChI=1S/C17H19BrN4S/c18-13-7-14(23-11-13)10-22-6-4-15-12(9-22)8-20-17(21-15)16-3-1-2-5-19-16/h7-8,11H,1-6,9-10H2. The minimum absolute atomic E-state index is 0.860. The Kier molecular flexibility index (Phi) is 4.55. The minimum atomic E-state index is 0.860. The van der Waals surface area contributed by atoms with Crippen LogP contribution in [0.3, 0.4) is 0 Å². The van der Waals surface area contributed by atoms with Crippen molar-refractivity contribution in [2.45, 2.75) is 38.8 Å². The third kappa shape index (κ3) is 3.54. The third-order valence-electron chi connectivity index (χ3n) is 4.40. The van der Waals surface area contributed by atoms with E-state index in [4.69, 9.17) is 4.98 Å². The number of rotatable bonds is 3. The predicted molar refractivity (Wildman–Crippen MR) is 97.1 cm³/mol. The van der Waals surface area contributed by atoms with Gasteiger partial charge in [-0.1, -0.05) is 0 Å². The van der Waals surface area contributed by atoms with Gasteiger partial charge < -0.3 is 0 Å². The normalized spacial score (nSPS) is 18.6. The molecule has 0 bridgehead atoms. The first-order chi connectivity index (χ1) is 11.3. The molecule has 0 atom stereocenters. The van der Waals surface area contributed by atoms with Gasteiger partial charge in [0.05, 0.1) is 11.4 Å². The van der Waals surface area contributed by atoms with Crippen LogP contribution in [0.5, 0.6) is 0 Å². The van der Waals surface area contributed by atoms with Crippen molar-refractivity contribution in [2.75, 3.05) is 13.1 Å². The average Bonchev–Trinajstić information content (AvgIpc) is 3.00. The summed E-state index contributed by atoms with van der Waals surface area (Å²) in [6.45, 7) is 3.94. The molecule has 0 saturated heterocycles. The maximum absolute atomic E-state index is 4.81. The quantitative estimate of drug-likeness (QED) is 0.799. The van der Waals surface area contributed by atoms with E-state index in [9.17, 15) is 0 Å². The van der Waals surface area contributed by atoms with E-state index >= 15 is 0 Å². The second kappa shape index (κ2) is 6.79. The number of nitrogens with zero attached hydrogens (tertiary/aromatic N) is 4. The third-order valence-corrected chi connectivity index (χ3v) is 6.08. The Morgan fingerprint density at radius 3 is 3.00 bits per heavy atom. The molecule has 0 radical (unpaired) electrons. The molecule has 23 heavy (non-hydrogen) atoms. The fraction of sp³-hybridized carbons (Fsp3) is 0.471. The summed E-state index contributed by atoms with van der Waals surface area (Å²) in [6, 6.07) is 2.21. The van der Waals surface area contributed by atoms with Gasteiger partial charge in [-0.2, -0.15) is 0 Å². The molecular weight excluding hydrogens is 372 g/mol. The van der Waals surface area contributed by atoms with Crippen LogP contribution in [-0.4, -0.2) is 33.7 Å². The molecule has 0 spiro atoms. The zero-order valence-corrected chi connectivity index (χ0v) is 15.4. The monoisotopic (exact) mass is 390 g/mol. The van der Waals surface area contributed by atoms with Gasteiger partial charge in [-0.3, -0.25) is 9.89 Å². The largest absolute Gasteiger partial charge is 0.293 e. The number of fused-ring (bicyclic) bond motifs is 1. The Bertz CT molecular complexity index is 740. The van der Waals surface area contributed by atoms with Crippen LogP contribution < -0.4 is 0 Å². The van der Waals surface area contributed by atoms with Crippen LogP contribution in [0, 0.1) is 0 Å². The van der Waals surface area contributed by atoms with Gasteiger partial charge in [0, 0.05) is 59.1 Å². The second-order valence-corrected chi connectivity index (χ2v) is 8.05. The first-order valence-electron chi connectivity index (χ1n) is 8.12. The first kappa shape index (κ1) is 15.4. The van der Waals surface area contributed by atoms with Crippen molar-refractivity contribution in [3.8, 4) is 0 Å². The molecule has 2 aromatic heterocycles. The van der Waals surface area contributed by atoms with Gasteiger partial charge in [0.2, 0.25) is 0 Å². The van der Waals surface area contributed by atoms with Gasteiger partial charge >= 0.3 is 0 Å². The Labute approximate surface area is 148 Å². The van der Waals surface area contributed by atoms with Gasteiger partial charge in [0.15, 0.2) is 5.82 Å². The number of hydrogen-bond acceptors (Lipinski definition) is 5. The molecule has 4 heterocycles. The maximum Gasteiger partial charge on any atom is 0.173 e. The number of halogens is 1. The highest BCUT2D eigenvalue weighted by atomic mass is 79.9. The van der Waals surface area contributed by atoms with Crippen molar-refractivity contribution in [1.29, 1.82) is 0 Å². The van der Waals surface area contributed by atoms with Gasteiger partial charge in [0.1, 0.15) is 0 Å². The Hall–Kier alpha value is -1.11. The highest BCUT2D eigenvalue weighted by Gasteiger charge is 2.20. The van der Waals surface area contributed by atoms with Crippen LogP contribution in [0.25, 0.3) is 0 Å². The van der Waals surface area contributed by atoms with Gasteiger partial charge in [0.25, 0.3) is 0 Å².